The molecular formula is C39H60BNO. The summed E-state index contributed by atoms with van der Waals surface area (Å²) in [4.78, 5) is 0. The second-order valence-corrected chi connectivity index (χ2v) is 11.7. The van der Waals surface area contributed by atoms with Crippen LogP contribution in [0.2, 0.25) is 0 Å². The van der Waals surface area contributed by atoms with E-state index in [1.54, 1.807) is 0 Å². The normalized spacial score (nSPS) is 10.7. The van der Waals surface area contributed by atoms with Crippen LogP contribution in [0.15, 0.2) is 91.0 Å². The van der Waals surface area contributed by atoms with Crippen molar-refractivity contribution in [2.24, 2.45) is 5.73 Å². The van der Waals surface area contributed by atoms with Gasteiger partial charge in [-0.2, -0.15) is 0 Å². The summed E-state index contributed by atoms with van der Waals surface area (Å²) in [5.41, 5.74) is 9.42. The topological polar surface area (TPSA) is 35.2 Å². The van der Waals surface area contributed by atoms with E-state index >= 15 is 0 Å². The molecule has 0 radical (unpaired) electrons. The molecule has 0 aliphatic rings. The highest BCUT2D eigenvalue weighted by molar-refractivity contribution is 6.95. The molecule has 0 aliphatic heterocycles. The Balaban J connectivity index is 0.000000297. The van der Waals surface area contributed by atoms with Crippen molar-refractivity contribution in [3.8, 4) is 0 Å². The van der Waals surface area contributed by atoms with Crippen LogP contribution in [0.3, 0.4) is 0 Å². The van der Waals surface area contributed by atoms with Crippen molar-refractivity contribution in [3.05, 3.63) is 91.0 Å². The van der Waals surface area contributed by atoms with Gasteiger partial charge >= 0.3 is 0 Å². The molecule has 0 unspecified atom stereocenters. The zero-order chi connectivity index (χ0) is 29.8. The second kappa shape index (κ2) is 26.3. The monoisotopic (exact) mass is 569 g/mol. The molecule has 2 N–H and O–H groups in total. The molecule has 0 atom stereocenters. The van der Waals surface area contributed by atoms with Crippen molar-refractivity contribution in [1.82, 2.24) is 0 Å². The zero-order valence-electron chi connectivity index (χ0n) is 26.9. The third-order valence-corrected chi connectivity index (χ3v) is 8.03. The minimum Gasteiger partial charge on any atom is -0.381 e. The van der Waals surface area contributed by atoms with E-state index in [0.717, 1.165) is 26.2 Å². The Hall–Kier alpha value is -2.36. The van der Waals surface area contributed by atoms with E-state index in [0.29, 0.717) is 6.71 Å². The van der Waals surface area contributed by atoms with Crippen LogP contribution in [-0.4, -0.2) is 26.5 Å². The summed E-state index contributed by atoms with van der Waals surface area (Å²) in [6.07, 6.45) is 23.8. The van der Waals surface area contributed by atoms with E-state index in [1.165, 1.54) is 119 Å². The van der Waals surface area contributed by atoms with Crippen LogP contribution < -0.4 is 22.1 Å². The van der Waals surface area contributed by atoms with Gasteiger partial charge in [0, 0.05) is 13.2 Å². The van der Waals surface area contributed by atoms with Crippen LogP contribution >= 0.6 is 0 Å². The molecule has 2 nitrogen and oxygen atoms in total. The average molecular weight is 570 g/mol. The fourth-order valence-electron chi connectivity index (χ4n) is 5.55. The minimum atomic E-state index is 0.309. The van der Waals surface area contributed by atoms with Gasteiger partial charge in [0.2, 0.25) is 6.71 Å². The highest BCUT2D eigenvalue weighted by Gasteiger charge is 2.20. The first kappa shape index (κ1) is 35.8. The van der Waals surface area contributed by atoms with Gasteiger partial charge in [-0.1, -0.05) is 211 Å². The Morgan fingerprint density at radius 1 is 0.429 bits per heavy atom. The van der Waals surface area contributed by atoms with E-state index in [9.17, 15) is 0 Å². The summed E-state index contributed by atoms with van der Waals surface area (Å²) in [7, 11) is 0. The lowest BCUT2D eigenvalue weighted by atomic mass is 9.37. The molecule has 0 fully saturated rings. The smallest absolute Gasteiger partial charge is 0.241 e. The van der Waals surface area contributed by atoms with Crippen molar-refractivity contribution >= 4 is 23.1 Å². The molecular weight excluding hydrogens is 509 g/mol. The first-order valence-corrected chi connectivity index (χ1v) is 17.3. The summed E-state index contributed by atoms with van der Waals surface area (Å²) in [6, 6.07) is 32.0. The van der Waals surface area contributed by atoms with Gasteiger partial charge in [0.15, 0.2) is 0 Å². The van der Waals surface area contributed by atoms with Gasteiger partial charge in [0.25, 0.3) is 0 Å². The van der Waals surface area contributed by atoms with Gasteiger partial charge in [-0.3, -0.25) is 0 Å². The van der Waals surface area contributed by atoms with Gasteiger partial charge in [0.1, 0.15) is 0 Å². The van der Waals surface area contributed by atoms with Crippen molar-refractivity contribution in [2.75, 3.05) is 19.8 Å². The lowest BCUT2D eigenvalue weighted by molar-refractivity contribution is 0.129. The quantitative estimate of drug-likeness (QED) is 0.0915. The van der Waals surface area contributed by atoms with E-state index < -0.39 is 0 Å². The molecule has 0 heterocycles. The number of hydrogen-bond acceptors (Lipinski definition) is 2. The van der Waals surface area contributed by atoms with Crippen LogP contribution in [0.25, 0.3) is 0 Å². The van der Waals surface area contributed by atoms with Gasteiger partial charge in [-0.05, 0) is 19.4 Å². The molecule has 0 aromatic heterocycles. The number of ether oxygens (including phenoxy) is 1. The molecule has 3 aromatic carbocycles. The largest absolute Gasteiger partial charge is 0.381 e. The number of rotatable bonds is 23. The molecule has 42 heavy (non-hydrogen) atoms. The maximum Gasteiger partial charge on any atom is 0.241 e. The SMILES string of the molecule is CCCCCCCCCCCCCCCCCCOCCCN.c1ccc(B(c2ccccc2)c2ccccc2)cc1. The molecule has 230 valence electrons. The van der Waals surface area contributed by atoms with E-state index in [-0.39, 0.29) is 0 Å². The highest BCUT2D eigenvalue weighted by atomic mass is 16.5. The van der Waals surface area contributed by atoms with Crippen molar-refractivity contribution < 1.29 is 4.74 Å². The van der Waals surface area contributed by atoms with Crippen molar-refractivity contribution in [2.45, 2.75) is 116 Å². The van der Waals surface area contributed by atoms with E-state index in [1.807, 2.05) is 0 Å². The van der Waals surface area contributed by atoms with Crippen LogP contribution in [0, 0.1) is 0 Å². The minimum absolute atomic E-state index is 0.309. The van der Waals surface area contributed by atoms with Crippen LogP contribution in [0.5, 0.6) is 0 Å². The fourth-order valence-corrected chi connectivity index (χ4v) is 5.55. The Morgan fingerprint density at radius 3 is 1.07 bits per heavy atom. The second-order valence-electron chi connectivity index (χ2n) is 11.7. The van der Waals surface area contributed by atoms with Gasteiger partial charge in [-0.15, -0.1) is 0 Å². The van der Waals surface area contributed by atoms with Crippen LogP contribution in [0.1, 0.15) is 116 Å². The molecule has 0 amide bonds. The molecule has 3 aromatic rings. The first-order chi connectivity index (χ1) is 20.9. The van der Waals surface area contributed by atoms with Gasteiger partial charge in [-0.25, -0.2) is 0 Å². The number of unbranched alkanes of at least 4 members (excludes halogenated alkanes) is 15. The van der Waals surface area contributed by atoms with Gasteiger partial charge < -0.3 is 10.5 Å². The summed E-state index contributed by atoms with van der Waals surface area (Å²) in [6.45, 7) is 5.12. The zero-order valence-corrected chi connectivity index (χ0v) is 26.9. The fraction of sp³-hybridized carbons (Fsp3) is 0.538. The Bertz CT molecular complexity index is 836. The molecule has 0 bridgehead atoms. The van der Waals surface area contributed by atoms with Gasteiger partial charge in [0.05, 0.1) is 0 Å². The molecule has 3 heteroatoms. The van der Waals surface area contributed by atoms with E-state index in [4.69, 9.17) is 10.5 Å². The van der Waals surface area contributed by atoms with Crippen LogP contribution in [0.4, 0.5) is 0 Å². The van der Waals surface area contributed by atoms with E-state index in [2.05, 4.69) is 97.9 Å². The Morgan fingerprint density at radius 2 is 0.738 bits per heavy atom. The maximum atomic E-state index is 5.51. The molecule has 0 spiro atoms. The predicted molar refractivity (Wildman–Crippen MR) is 188 cm³/mol. The van der Waals surface area contributed by atoms with Crippen molar-refractivity contribution in [1.29, 1.82) is 0 Å². The Kier molecular flexibility index (Phi) is 22.4. The number of hydrogen-bond donors (Lipinski definition) is 1. The molecule has 0 aliphatic carbocycles. The molecule has 3 rings (SSSR count). The number of nitrogens with two attached hydrogens (primary N) is 1. The highest BCUT2D eigenvalue weighted by Crippen LogP contribution is 2.13. The molecule has 0 saturated carbocycles. The van der Waals surface area contributed by atoms with Crippen LogP contribution in [-0.2, 0) is 4.74 Å². The summed E-state index contributed by atoms with van der Waals surface area (Å²) >= 11 is 0. The third-order valence-electron chi connectivity index (χ3n) is 8.03. The predicted octanol–water partition coefficient (Wildman–Crippen LogP) is 8.82. The van der Waals surface area contributed by atoms with Crippen molar-refractivity contribution in [3.63, 3.8) is 0 Å². The molecule has 0 saturated heterocycles. The summed E-state index contributed by atoms with van der Waals surface area (Å²) in [5.74, 6) is 0. The Labute approximate surface area is 259 Å². The lowest BCUT2D eigenvalue weighted by Gasteiger charge is -2.15. The summed E-state index contributed by atoms with van der Waals surface area (Å²) in [5, 5.41) is 0. The number of benzene rings is 3. The third kappa shape index (κ3) is 17.6. The first-order valence-electron chi connectivity index (χ1n) is 17.3. The lowest BCUT2D eigenvalue weighted by Crippen LogP contribution is -2.51. The standard InChI is InChI=1S/C21H45NO.C18H15B/c1-2-3-4-5-6-7-8-9-10-11-12-13-14-15-16-17-20-23-21-18-19-22;1-4-10-16(11-5-1)19(17-12-6-2-7-13-17)18-14-8-3-9-15-18/h2-22H2,1H3;1-15H. The maximum absolute atomic E-state index is 5.51. The summed E-state index contributed by atoms with van der Waals surface area (Å²) < 4.78 is 5.51. The average Bonchev–Trinajstić information content (AvgIpc) is 3.04.